The molecule has 30 heavy (non-hydrogen) atoms. The second-order valence-electron chi connectivity index (χ2n) is 7.17. The van der Waals surface area contributed by atoms with E-state index in [9.17, 15) is 13.2 Å². The molecule has 0 radical (unpaired) electrons. The Morgan fingerprint density at radius 3 is 2.63 bits per heavy atom. The third kappa shape index (κ3) is 3.85. The highest BCUT2D eigenvalue weighted by Gasteiger charge is 2.34. The fraction of sp³-hybridized carbons (Fsp3) is 0.261. The summed E-state index contributed by atoms with van der Waals surface area (Å²) < 4.78 is 32.8. The standard InChI is InChI=1S/C23H24N2O4S/c1-2-29-19-10-3-7-17(15-19)16-24-22(26)13-6-14-25-20-11-4-8-18-9-5-12-21(23(18)20)30(25,27)28/h3-5,7-12,15H,2,6,13-14,16H2,1H3,(H,24,26). The van der Waals surface area contributed by atoms with Gasteiger partial charge in [-0.05, 0) is 48.6 Å². The van der Waals surface area contributed by atoms with E-state index in [1.165, 1.54) is 4.31 Å². The molecule has 0 unspecified atom stereocenters. The van der Waals surface area contributed by atoms with Crippen molar-refractivity contribution in [2.75, 3.05) is 17.5 Å². The Bertz CT molecular complexity index is 1190. The van der Waals surface area contributed by atoms with Crippen molar-refractivity contribution in [1.29, 1.82) is 0 Å². The number of sulfonamides is 1. The Morgan fingerprint density at radius 1 is 1.07 bits per heavy atom. The van der Waals surface area contributed by atoms with Gasteiger partial charge in [0.25, 0.3) is 10.0 Å². The van der Waals surface area contributed by atoms with E-state index in [4.69, 9.17) is 4.74 Å². The van der Waals surface area contributed by atoms with Crippen LogP contribution < -0.4 is 14.4 Å². The molecule has 1 N–H and O–H groups in total. The summed E-state index contributed by atoms with van der Waals surface area (Å²) in [5, 5.41) is 4.56. The first kappa shape index (κ1) is 20.2. The number of nitrogens with one attached hydrogen (secondary N) is 1. The zero-order valence-corrected chi connectivity index (χ0v) is 17.6. The van der Waals surface area contributed by atoms with Crippen LogP contribution in [-0.2, 0) is 21.4 Å². The Morgan fingerprint density at radius 2 is 1.83 bits per heavy atom. The van der Waals surface area contributed by atoms with Gasteiger partial charge in [-0.1, -0.05) is 36.4 Å². The van der Waals surface area contributed by atoms with E-state index >= 15 is 0 Å². The van der Waals surface area contributed by atoms with E-state index in [1.807, 2.05) is 55.5 Å². The van der Waals surface area contributed by atoms with Crippen molar-refractivity contribution in [3.8, 4) is 5.75 Å². The van der Waals surface area contributed by atoms with Crippen LogP contribution in [0.5, 0.6) is 5.75 Å². The number of carbonyl (C=O) groups excluding carboxylic acids is 1. The molecule has 0 spiro atoms. The minimum Gasteiger partial charge on any atom is -0.494 e. The number of ether oxygens (including phenoxy) is 1. The highest BCUT2D eigenvalue weighted by molar-refractivity contribution is 7.93. The lowest BCUT2D eigenvalue weighted by Crippen LogP contribution is -2.30. The van der Waals surface area contributed by atoms with Crippen LogP contribution in [0.1, 0.15) is 25.3 Å². The maximum Gasteiger partial charge on any atom is 0.265 e. The van der Waals surface area contributed by atoms with Gasteiger partial charge < -0.3 is 10.1 Å². The van der Waals surface area contributed by atoms with E-state index in [0.717, 1.165) is 22.1 Å². The largest absolute Gasteiger partial charge is 0.494 e. The van der Waals surface area contributed by atoms with Crippen LogP contribution in [0.15, 0.2) is 65.6 Å². The molecule has 4 rings (SSSR count). The third-order valence-electron chi connectivity index (χ3n) is 5.15. The average molecular weight is 425 g/mol. The first-order valence-electron chi connectivity index (χ1n) is 10.0. The van der Waals surface area contributed by atoms with Crippen LogP contribution in [-0.4, -0.2) is 27.5 Å². The van der Waals surface area contributed by atoms with E-state index in [1.54, 1.807) is 12.1 Å². The molecule has 0 aromatic heterocycles. The maximum atomic E-state index is 13.0. The number of carbonyl (C=O) groups is 1. The van der Waals surface area contributed by atoms with Crippen LogP contribution >= 0.6 is 0 Å². The van der Waals surface area contributed by atoms with Crippen LogP contribution in [0, 0.1) is 0 Å². The van der Waals surface area contributed by atoms with Gasteiger partial charge in [-0.3, -0.25) is 9.10 Å². The summed E-state index contributed by atoms with van der Waals surface area (Å²) in [5.74, 6) is 0.668. The monoisotopic (exact) mass is 424 g/mol. The summed E-state index contributed by atoms with van der Waals surface area (Å²) in [4.78, 5) is 12.6. The molecule has 1 aliphatic rings. The summed E-state index contributed by atoms with van der Waals surface area (Å²) in [6.07, 6.45) is 0.692. The van der Waals surface area contributed by atoms with Crippen molar-refractivity contribution in [2.45, 2.75) is 31.2 Å². The Kier molecular flexibility index (Phi) is 5.63. The van der Waals surface area contributed by atoms with Crippen LogP contribution in [0.4, 0.5) is 5.69 Å². The SMILES string of the molecule is CCOc1cccc(CNC(=O)CCCN2c3cccc4cccc(c34)S2(=O)=O)c1. The van der Waals surface area contributed by atoms with E-state index in [-0.39, 0.29) is 18.9 Å². The highest BCUT2D eigenvalue weighted by atomic mass is 32.2. The van der Waals surface area contributed by atoms with Crippen molar-refractivity contribution in [3.63, 3.8) is 0 Å². The second-order valence-corrected chi connectivity index (χ2v) is 9.00. The molecule has 0 aliphatic carbocycles. The Balaban J connectivity index is 1.35. The molecule has 156 valence electrons. The molecule has 3 aromatic carbocycles. The van der Waals surface area contributed by atoms with Crippen molar-refractivity contribution >= 4 is 32.4 Å². The fourth-order valence-electron chi connectivity index (χ4n) is 3.78. The smallest absolute Gasteiger partial charge is 0.265 e. The summed E-state index contributed by atoms with van der Waals surface area (Å²) >= 11 is 0. The van der Waals surface area contributed by atoms with E-state index in [2.05, 4.69) is 5.32 Å². The minimum absolute atomic E-state index is 0.107. The van der Waals surface area contributed by atoms with Gasteiger partial charge >= 0.3 is 0 Å². The molecule has 6 nitrogen and oxygen atoms in total. The summed E-state index contributed by atoms with van der Waals surface area (Å²) in [5.41, 5.74) is 1.65. The molecular formula is C23H24N2O4S. The van der Waals surface area contributed by atoms with Crippen molar-refractivity contribution in [2.24, 2.45) is 0 Å². The number of anilines is 1. The lowest BCUT2D eigenvalue weighted by atomic mass is 10.1. The van der Waals surface area contributed by atoms with Crippen LogP contribution in [0.3, 0.4) is 0 Å². The molecule has 0 saturated heterocycles. The number of nitrogens with zero attached hydrogens (tertiary/aromatic N) is 1. The van der Waals surface area contributed by atoms with Gasteiger partial charge in [-0.2, -0.15) is 0 Å². The van der Waals surface area contributed by atoms with Gasteiger partial charge in [0.1, 0.15) is 5.75 Å². The second kappa shape index (κ2) is 8.36. The van der Waals surface area contributed by atoms with Crippen LogP contribution in [0.25, 0.3) is 10.8 Å². The predicted molar refractivity (Wildman–Crippen MR) is 117 cm³/mol. The minimum atomic E-state index is -3.57. The Labute approximate surface area is 176 Å². The third-order valence-corrected chi connectivity index (χ3v) is 7.00. The van der Waals surface area contributed by atoms with Crippen LogP contribution in [0.2, 0.25) is 0 Å². The molecule has 7 heteroatoms. The topological polar surface area (TPSA) is 75.7 Å². The molecule has 1 aliphatic heterocycles. The van der Waals surface area contributed by atoms with Gasteiger partial charge in [0, 0.05) is 24.9 Å². The number of hydrogen-bond donors (Lipinski definition) is 1. The molecule has 3 aromatic rings. The predicted octanol–water partition coefficient (Wildman–Crippen LogP) is 3.84. The summed E-state index contributed by atoms with van der Waals surface area (Å²) in [6.45, 7) is 3.19. The number of benzene rings is 3. The summed E-state index contributed by atoms with van der Waals surface area (Å²) in [6, 6.07) is 18.5. The van der Waals surface area contributed by atoms with E-state index in [0.29, 0.717) is 30.2 Å². The number of rotatable bonds is 8. The molecule has 0 fully saturated rings. The van der Waals surface area contributed by atoms with Gasteiger partial charge in [0.2, 0.25) is 5.91 Å². The van der Waals surface area contributed by atoms with Gasteiger partial charge in [0.15, 0.2) is 0 Å². The molecule has 0 atom stereocenters. The Hall–Kier alpha value is -3.06. The van der Waals surface area contributed by atoms with E-state index < -0.39 is 10.0 Å². The zero-order chi connectivity index (χ0) is 21.1. The zero-order valence-electron chi connectivity index (χ0n) is 16.8. The molecule has 1 heterocycles. The normalized spacial score (nSPS) is 14.1. The molecule has 0 saturated carbocycles. The first-order chi connectivity index (χ1) is 14.5. The molecule has 0 bridgehead atoms. The fourth-order valence-corrected chi connectivity index (χ4v) is 5.53. The molecular weight excluding hydrogens is 400 g/mol. The summed E-state index contributed by atoms with van der Waals surface area (Å²) in [7, 11) is -3.57. The first-order valence-corrected chi connectivity index (χ1v) is 11.5. The van der Waals surface area contributed by atoms with Gasteiger partial charge in [-0.15, -0.1) is 0 Å². The number of hydrogen-bond acceptors (Lipinski definition) is 4. The lowest BCUT2D eigenvalue weighted by Gasteiger charge is -2.18. The average Bonchev–Trinajstić information content (AvgIpc) is 2.96. The van der Waals surface area contributed by atoms with Gasteiger partial charge in [-0.25, -0.2) is 8.42 Å². The maximum absolute atomic E-state index is 13.0. The quantitative estimate of drug-likeness (QED) is 0.596. The van der Waals surface area contributed by atoms with Gasteiger partial charge in [0.05, 0.1) is 17.2 Å². The number of amides is 1. The van der Waals surface area contributed by atoms with Crippen molar-refractivity contribution < 1.29 is 17.9 Å². The highest BCUT2D eigenvalue weighted by Crippen LogP contribution is 2.41. The van der Waals surface area contributed by atoms with Crippen molar-refractivity contribution in [1.82, 2.24) is 5.32 Å². The van der Waals surface area contributed by atoms with Crippen molar-refractivity contribution in [3.05, 3.63) is 66.2 Å². The molecule has 1 amide bonds. The lowest BCUT2D eigenvalue weighted by molar-refractivity contribution is -0.121.